The number of sulfone groups is 1. The minimum atomic E-state index is -2.94. The summed E-state index contributed by atoms with van der Waals surface area (Å²) < 4.78 is 21.8. The molecule has 0 spiro atoms. The summed E-state index contributed by atoms with van der Waals surface area (Å²) in [6.45, 7) is 0.405. The Labute approximate surface area is 109 Å². The van der Waals surface area contributed by atoms with Crippen LogP contribution in [-0.2, 0) is 14.6 Å². The maximum Gasteiger partial charge on any atom is 0.221 e. The van der Waals surface area contributed by atoms with Crippen LogP contribution < -0.4 is 11.1 Å². The number of nitrogens with one attached hydrogen (secondary N) is 1. The van der Waals surface area contributed by atoms with Crippen LogP contribution in [0.5, 0.6) is 0 Å². The van der Waals surface area contributed by atoms with Crippen molar-refractivity contribution in [1.29, 1.82) is 0 Å². The van der Waals surface area contributed by atoms with Gasteiger partial charge in [-0.3, -0.25) is 4.79 Å². The molecule has 0 atom stereocenters. The van der Waals surface area contributed by atoms with Gasteiger partial charge in [-0.2, -0.15) is 0 Å². The molecule has 0 heterocycles. The molecule has 0 saturated heterocycles. The van der Waals surface area contributed by atoms with Crippen molar-refractivity contribution in [3.63, 3.8) is 0 Å². The number of carbonyl (C=O) groups excluding carboxylic acids is 1. The molecule has 0 aromatic rings. The first-order chi connectivity index (χ1) is 8.31. The number of carbonyl (C=O) groups is 1. The molecular formula is C12H24N2O3S. The molecule has 106 valence electrons. The van der Waals surface area contributed by atoms with Crippen molar-refractivity contribution in [2.45, 2.75) is 50.5 Å². The van der Waals surface area contributed by atoms with E-state index in [-0.39, 0.29) is 17.2 Å². The fourth-order valence-corrected chi connectivity index (χ4v) is 3.05. The summed E-state index contributed by atoms with van der Waals surface area (Å²) >= 11 is 0. The second kappa shape index (κ2) is 6.52. The minimum absolute atomic E-state index is 0.0621. The van der Waals surface area contributed by atoms with Gasteiger partial charge in [-0.15, -0.1) is 0 Å². The Kier molecular flexibility index (Phi) is 5.59. The molecule has 0 bridgehead atoms. The zero-order chi connectivity index (χ0) is 13.6. The molecule has 5 nitrogen and oxygen atoms in total. The average molecular weight is 276 g/mol. The van der Waals surface area contributed by atoms with E-state index in [1.54, 1.807) is 0 Å². The molecule has 6 heteroatoms. The van der Waals surface area contributed by atoms with Crippen LogP contribution in [0.1, 0.15) is 44.9 Å². The first-order valence-electron chi connectivity index (χ1n) is 6.54. The number of rotatable bonds is 6. The lowest BCUT2D eigenvalue weighted by atomic mass is 9.80. The summed E-state index contributed by atoms with van der Waals surface area (Å²) in [5.74, 6) is 0.0500. The molecule has 0 aromatic heterocycles. The van der Waals surface area contributed by atoms with Crippen molar-refractivity contribution >= 4 is 15.7 Å². The third kappa shape index (κ3) is 6.35. The second-order valence-corrected chi connectivity index (χ2v) is 7.69. The predicted octanol–water partition coefficient (Wildman–Crippen LogP) is 0.589. The molecule has 0 radical (unpaired) electrons. The summed E-state index contributed by atoms with van der Waals surface area (Å²) in [6, 6.07) is 0. The summed E-state index contributed by atoms with van der Waals surface area (Å²) in [7, 11) is -2.94. The standard InChI is InChI=1S/C12H24N2O3S/c1-18(16,17)9-5-8-14-11(15)10-12(13)6-3-2-4-7-12/h2-10,13H2,1H3,(H,14,15). The van der Waals surface area contributed by atoms with Gasteiger partial charge < -0.3 is 11.1 Å². The van der Waals surface area contributed by atoms with E-state index >= 15 is 0 Å². The molecule has 0 aromatic carbocycles. The Morgan fingerprint density at radius 3 is 2.44 bits per heavy atom. The Bertz CT molecular complexity index is 373. The average Bonchev–Trinajstić information content (AvgIpc) is 2.23. The van der Waals surface area contributed by atoms with Gasteiger partial charge in [0.1, 0.15) is 9.84 Å². The third-order valence-electron chi connectivity index (χ3n) is 3.38. The van der Waals surface area contributed by atoms with Gasteiger partial charge in [0, 0.05) is 24.8 Å². The lowest BCUT2D eigenvalue weighted by Crippen LogP contribution is -2.46. The molecular weight excluding hydrogens is 252 g/mol. The van der Waals surface area contributed by atoms with Crippen LogP contribution >= 0.6 is 0 Å². The van der Waals surface area contributed by atoms with E-state index < -0.39 is 9.84 Å². The highest BCUT2D eigenvalue weighted by molar-refractivity contribution is 7.90. The van der Waals surface area contributed by atoms with Gasteiger partial charge in [-0.1, -0.05) is 19.3 Å². The van der Waals surface area contributed by atoms with Gasteiger partial charge in [-0.25, -0.2) is 8.42 Å². The molecule has 1 rings (SSSR count). The van der Waals surface area contributed by atoms with E-state index in [0.717, 1.165) is 25.7 Å². The molecule has 1 aliphatic rings. The van der Waals surface area contributed by atoms with Gasteiger partial charge in [-0.05, 0) is 19.3 Å². The highest BCUT2D eigenvalue weighted by Gasteiger charge is 2.29. The van der Waals surface area contributed by atoms with Gasteiger partial charge in [0.25, 0.3) is 0 Å². The van der Waals surface area contributed by atoms with Gasteiger partial charge in [0.2, 0.25) is 5.91 Å². The maximum absolute atomic E-state index is 11.7. The lowest BCUT2D eigenvalue weighted by molar-refractivity contribution is -0.122. The Hall–Kier alpha value is -0.620. The normalized spacial score (nSPS) is 19.4. The van der Waals surface area contributed by atoms with Crippen LogP contribution in [0.3, 0.4) is 0 Å². The molecule has 1 saturated carbocycles. The van der Waals surface area contributed by atoms with Crippen molar-refractivity contribution in [1.82, 2.24) is 5.32 Å². The third-order valence-corrected chi connectivity index (χ3v) is 4.41. The fourth-order valence-electron chi connectivity index (χ4n) is 2.38. The summed E-state index contributed by atoms with van der Waals surface area (Å²) in [4.78, 5) is 11.7. The Morgan fingerprint density at radius 1 is 1.28 bits per heavy atom. The van der Waals surface area contributed by atoms with Crippen LogP contribution in [0.2, 0.25) is 0 Å². The molecule has 0 unspecified atom stereocenters. The van der Waals surface area contributed by atoms with Crippen LogP contribution in [-0.4, -0.2) is 38.4 Å². The maximum atomic E-state index is 11.7. The van der Waals surface area contributed by atoms with E-state index in [4.69, 9.17) is 5.73 Å². The largest absolute Gasteiger partial charge is 0.356 e. The van der Waals surface area contributed by atoms with Crippen molar-refractivity contribution < 1.29 is 13.2 Å². The first kappa shape index (κ1) is 15.4. The molecule has 0 aliphatic heterocycles. The summed E-state index contributed by atoms with van der Waals surface area (Å²) in [5.41, 5.74) is 5.83. The quantitative estimate of drug-likeness (QED) is 0.695. The Balaban J connectivity index is 2.21. The van der Waals surface area contributed by atoms with Gasteiger partial charge >= 0.3 is 0 Å². The van der Waals surface area contributed by atoms with E-state index in [9.17, 15) is 13.2 Å². The number of nitrogens with two attached hydrogens (primary N) is 1. The molecule has 18 heavy (non-hydrogen) atoms. The number of hydrogen-bond acceptors (Lipinski definition) is 4. The predicted molar refractivity (Wildman–Crippen MR) is 72.0 cm³/mol. The summed E-state index contributed by atoms with van der Waals surface area (Å²) in [6.07, 6.45) is 7.22. The van der Waals surface area contributed by atoms with E-state index in [2.05, 4.69) is 5.32 Å². The topological polar surface area (TPSA) is 89.3 Å². The highest BCUT2D eigenvalue weighted by Crippen LogP contribution is 2.28. The fraction of sp³-hybridized carbons (Fsp3) is 0.917. The minimum Gasteiger partial charge on any atom is -0.356 e. The molecule has 3 N–H and O–H groups in total. The van der Waals surface area contributed by atoms with Crippen LogP contribution in [0.25, 0.3) is 0 Å². The van der Waals surface area contributed by atoms with Crippen LogP contribution in [0, 0.1) is 0 Å². The van der Waals surface area contributed by atoms with Crippen molar-refractivity contribution in [3.8, 4) is 0 Å². The highest BCUT2D eigenvalue weighted by atomic mass is 32.2. The van der Waals surface area contributed by atoms with Crippen LogP contribution in [0.4, 0.5) is 0 Å². The van der Waals surface area contributed by atoms with Crippen LogP contribution in [0.15, 0.2) is 0 Å². The molecule has 1 fully saturated rings. The smallest absolute Gasteiger partial charge is 0.221 e. The van der Waals surface area contributed by atoms with Gasteiger partial charge in [0.05, 0.1) is 5.75 Å². The monoisotopic (exact) mass is 276 g/mol. The van der Waals surface area contributed by atoms with Crippen molar-refractivity contribution in [2.75, 3.05) is 18.6 Å². The van der Waals surface area contributed by atoms with E-state index in [1.165, 1.54) is 12.7 Å². The second-order valence-electron chi connectivity index (χ2n) is 5.43. The van der Waals surface area contributed by atoms with E-state index in [0.29, 0.717) is 19.4 Å². The molecule has 1 amide bonds. The first-order valence-corrected chi connectivity index (χ1v) is 8.60. The SMILES string of the molecule is CS(=O)(=O)CCCNC(=O)CC1(N)CCCCC1. The van der Waals surface area contributed by atoms with Gasteiger partial charge in [0.15, 0.2) is 0 Å². The lowest BCUT2D eigenvalue weighted by Gasteiger charge is -2.32. The Morgan fingerprint density at radius 2 is 1.89 bits per heavy atom. The number of amides is 1. The zero-order valence-corrected chi connectivity index (χ0v) is 11.9. The number of hydrogen-bond donors (Lipinski definition) is 2. The van der Waals surface area contributed by atoms with Crippen molar-refractivity contribution in [2.24, 2.45) is 5.73 Å². The van der Waals surface area contributed by atoms with Crippen molar-refractivity contribution in [3.05, 3.63) is 0 Å². The zero-order valence-electron chi connectivity index (χ0n) is 11.1. The summed E-state index contributed by atoms with van der Waals surface area (Å²) in [5, 5.41) is 2.74. The van der Waals surface area contributed by atoms with E-state index in [1.807, 2.05) is 0 Å². The molecule has 1 aliphatic carbocycles.